The van der Waals surface area contributed by atoms with Crippen LogP contribution in [0.3, 0.4) is 0 Å². The Kier molecular flexibility index (Phi) is 16.8. The van der Waals surface area contributed by atoms with Crippen molar-refractivity contribution in [1.29, 1.82) is 0 Å². The Labute approximate surface area is 305 Å². The number of esters is 1. The number of carbonyl (C=O) groups is 1. The fourth-order valence-corrected chi connectivity index (χ4v) is 12.4. The Hall–Kier alpha value is -1.05. The predicted octanol–water partition coefficient (Wildman–Crippen LogP) is 14.5. The first-order valence-corrected chi connectivity index (χ1v) is 22.2. The van der Waals surface area contributed by atoms with Crippen molar-refractivity contribution in [3.05, 3.63) is 24.3 Å². The number of unbranched alkanes of at least 4 members (excludes halogenated alkanes) is 8. The minimum absolute atomic E-state index is 0.0989. The van der Waals surface area contributed by atoms with Crippen molar-refractivity contribution in [3.63, 3.8) is 0 Å². The van der Waals surface area contributed by atoms with Gasteiger partial charge >= 0.3 is 5.97 Å². The van der Waals surface area contributed by atoms with Gasteiger partial charge in [-0.15, -0.1) is 0 Å². The van der Waals surface area contributed by atoms with Gasteiger partial charge in [-0.25, -0.2) is 0 Å². The number of rotatable bonds is 21. The lowest BCUT2D eigenvalue weighted by atomic mass is 9.44. The zero-order chi connectivity index (χ0) is 35.3. The van der Waals surface area contributed by atoms with Crippen LogP contribution in [0.15, 0.2) is 24.3 Å². The molecule has 0 aromatic rings. The van der Waals surface area contributed by atoms with Gasteiger partial charge in [0, 0.05) is 11.8 Å². The molecule has 0 saturated heterocycles. The summed E-state index contributed by atoms with van der Waals surface area (Å²) in [6, 6.07) is 0. The Morgan fingerprint density at radius 2 is 1.47 bits per heavy atom. The smallest absolute Gasteiger partial charge is 0.306 e. The standard InChI is InChI=1S/C47H82O2/c1-8-10-11-12-13-14-15-16-17-18-19-20-21-22-23-27-45(48)49-44-26-24-25-39-30-31-40-42-33-32-41(37(5)28-29-38(9-2)36(3)4)46(42,6)35-34-43(40)47(39,44)7/h13-14,16-17,36-44H,8-12,15,18-35H2,1-7H3/b14-13-,17-16-/t37-,38-,39?,40-,41-,42+,43+,44?,46-,47+/m1/s1. The number of fused-ring (bicyclic) bond motifs is 5. The van der Waals surface area contributed by atoms with Gasteiger partial charge in [-0.2, -0.15) is 0 Å². The molecule has 282 valence electrons. The summed E-state index contributed by atoms with van der Waals surface area (Å²) < 4.78 is 6.56. The van der Waals surface area contributed by atoms with Crippen molar-refractivity contribution < 1.29 is 9.53 Å². The minimum atomic E-state index is 0.0989. The second-order valence-corrected chi connectivity index (χ2v) is 18.6. The third-order valence-electron chi connectivity index (χ3n) is 15.5. The lowest BCUT2D eigenvalue weighted by Crippen LogP contribution is -2.58. The summed E-state index contributed by atoms with van der Waals surface area (Å²) in [6.07, 6.45) is 39.9. The Bertz CT molecular complexity index is 1010. The first kappa shape index (κ1) is 40.7. The maximum absolute atomic E-state index is 13.3. The molecule has 4 aliphatic carbocycles. The Balaban J connectivity index is 1.21. The van der Waals surface area contributed by atoms with E-state index < -0.39 is 0 Å². The van der Waals surface area contributed by atoms with E-state index in [4.69, 9.17) is 4.74 Å². The van der Waals surface area contributed by atoms with Gasteiger partial charge in [0.2, 0.25) is 0 Å². The highest BCUT2D eigenvalue weighted by Crippen LogP contribution is 2.68. The van der Waals surface area contributed by atoms with Gasteiger partial charge in [0.05, 0.1) is 0 Å². The summed E-state index contributed by atoms with van der Waals surface area (Å²) in [6.45, 7) is 17.4. The summed E-state index contributed by atoms with van der Waals surface area (Å²) in [4.78, 5) is 13.3. The van der Waals surface area contributed by atoms with Crippen molar-refractivity contribution in [3.8, 4) is 0 Å². The molecule has 4 fully saturated rings. The molecule has 49 heavy (non-hydrogen) atoms. The predicted molar refractivity (Wildman–Crippen MR) is 211 cm³/mol. The van der Waals surface area contributed by atoms with Crippen molar-refractivity contribution >= 4 is 5.97 Å². The van der Waals surface area contributed by atoms with Crippen LogP contribution in [-0.2, 0) is 9.53 Å². The van der Waals surface area contributed by atoms with E-state index in [9.17, 15) is 4.79 Å². The summed E-state index contributed by atoms with van der Waals surface area (Å²) in [5.74, 6) is 6.78. The lowest BCUT2D eigenvalue weighted by molar-refractivity contribution is -0.192. The monoisotopic (exact) mass is 679 g/mol. The molecule has 2 unspecified atom stereocenters. The molecule has 2 heteroatoms. The molecule has 2 nitrogen and oxygen atoms in total. The molecule has 0 bridgehead atoms. The maximum atomic E-state index is 13.3. The molecule has 10 atom stereocenters. The van der Waals surface area contributed by atoms with Crippen LogP contribution in [-0.4, -0.2) is 12.1 Å². The van der Waals surface area contributed by atoms with E-state index in [1.54, 1.807) is 0 Å². The zero-order valence-electron chi connectivity index (χ0n) is 33.8. The van der Waals surface area contributed by atoms with Crippen molar-refractivity contribution in [2.75, 3.05) is 0 Å². The van der Waals surface area contributed by atoms with Crippen molar-refractivity contribution in [2.24, 2.45) is 58.2 Å². The van der Waals surface area contributed by atoms with E-state index in [2.05, 4.69) is 72.8 Å². The van der Waals surface area contributed by atoms with Gasteiger partial charge in [0.15, 0.2) is 0 Å². The fraction of sp³-hybridized carbons (Fsp3) is 0.894. The van der Waals surface area contributed by atoms with Crippen LogP contribution in [0.1, 0.15) is 203 Å². The van der Waals surface area contributed by atoms with Gasteiger partial charge in [-0.3, -0.25) is 4.79 Å². The van der Waals surface area contributed by atoms with Crippen LogP contribution in [0.25, 0.3) is 0 Å². The second-order valence-electron chi connectivity index (χ2n) is 18.6. The molecule has 0 aliphatic heterocycles. The van der Waals surface area contributed by atoms with Crippen LogP contribution >= 0.6 is 0 Å². The van der Waals surface area contributed by atoms with Crippen LogP contribution in [0.5, 0.6) is 0 Å². The topological polar surface area (TPSA) is 26.3 Å². The summed E-state index contributed by atoms with van der Waals surface area (Å²) >= 11 is 0. The Morgan fingerprint density at radius 3 is 2.18 bits per heavy atom. The van der Waals surface area contributed by atoms with Gasteiger partial charge in [-0.05, 0) is 155 Å². The van der Waals surface area contributed by atoms with E-state index in [0.29, 0.717) is 11.8 Å². The molecule has 0 radical (unpaired) electrons. The van der Waals surface area contributed by atoms with Crippen LogP contribution in [0, 0.1) is 58.2 Å². The van der Waals surface area contributed by atoms with Crippen LogP contribution in [0.4, 0.5) is 0 Å². The average molecular weight is 679 g/mol. The number of ether oxygens (including phenoxy) is 1. The molecular weight excluding hydrogens is 597 g/mol. The van der Waals surface area contributed by atoms with E-state index in [1.807, 2.05) is 0 Å². The number of hydrogen-bond donors (Lipinski definition) is 0. The SMILES string of the molecule is CCCCC/C=C\C/C=C\CCCCCCCC(=O)OC1CCCC2CC[C@H]3[C@H](CC[C@]4(C)[C@@H]([C@H](C)CC[C@@H](CC)C(C)C)CC[C@@H]34)[C@]21C. The van der Waals surface area contributed by atoms with E-state index in [1.165, 1.54) is 122 Å². The summed E-state index contributed by atoms with van der Waals surface area (Å²) in [5, 5.41) is 0. The van der Waals surface area contributed by atoms with Crippen molar-refractivity contribution in [1.82, 2.24) is 0 Å². The van der Waals surface area contributed by atoms with Gasteiger partial charge < -0.3 is 4.74 Å². The average Bonchev–Trinajstić information content (AvgIpc) is 3.44. The molecule has 0 spiro atoms. The number of allylic oxidation sites excluding steroid dienone is 4. The van der Waals surface area contributed by atoms with E-state index in [-0.39, 0.29) is 17.5 Å². The second kappa shape index (κ2) is 20.3. The number of carbonyl (C=O) groups excluding carboxylic acids is 1. The first-order chi connectivity index (χ1) is 23.7. The molecule has 0 N–H and O–H groups in total. The zero-order valence-corrected chi connectivity index (χ0v) is 33.8. The fourth-order valence-electron chi connectivity index (χ4n) is 12.4. The largest absolute Gasteiger partial charge is 0.462 e. The quantitative estimate of drug-likeness (QED) is 0.0686. The molecular formula is C47H82O2. The molecule has 0 aromatic heterocycles. The highest BCUT2D eigenvalue weighted by atomic mass is 16.5. The van der Waals surface area contributed by atoms with Crippen LogP contribution in [0.2, 0.25) is 0 Å². The van der Waals surface area contributed by atoms with E-state index in [0.717, 1.165) is 73.0 Å². The highest BCUT2D eigenvalue weighted by Gasteiger charge is 2.62. The van der Waals surface area contributed by atoms with Crippen molar-refractivity contribution in [2.45, 2.75) is 209 Å². The molecule has 0 aromatic carbocycles. The molecule has 4 aliphatic rings. The van der Waals surface area contributed by atoms with E-state index >= 15 is 0 Å². The molecule has 0 amide bonds. The third kappa shape index (κ3) is 10.5. The summed E-state index contributed by atoms with van der Waals surface area (Å²) in [5.41, 5.74) is 0.706. The maximum Gasteiger partial charge on any atom is 0.306 e. The number of hydrogen-bond acceptors (Lipinski definition) is 2. The van der Waals surface area contributed by atoms with Gasteiger partial charge in [0.1, 0.15) is 6.10 Å². The van der Waals surface area contributed by atoms with Gasteiger partial charge in [-0.1, -0.05) is 118 Å². The normalized spacial score (nSPS) is 34.2. The van der Waals surface area contributed by atoms with Crippen LogP contribution < -0.4 is 0 Å². The molecule has 4 saturated carbocycles. The first-order valence-electron chi connectivity index (χ1n) is 22.2. The molecule has 0 heterocycles. The minimum Gasteiger partial charge on any atom is -0.462 e. The van der Waals surface area contributed by atoms with Gasteiger partial charge in [0.25, 0.3) is 0 Å². The third-order valence-corrected chi connectivity index (χ3v) is 15.5. The molecule has 4 rings (SSSR count). The highest BCUT2D eigenvalue weighted by molar-refractivity contribution is 5.69. The summed E-state index contributed by atoms with van der Waals surface area (Å²) in [7, 11) is 0. The Morgan fingerprint density at radius 1 is 0.755 bits per heavy atom. The lowest BCUT2D eigenvalue weighted by Gasteiger charge is -2.62.